The fourth-order valence-corrected chi connectivity index (χ4v) is 3.82. The second-order valence-corrected chi connectivity index (χ2v) is 7.34. The van der Waals surface area contributed by atoms with E-state index in [2.05, 4.69) is 0 Å². The number of ether oxygens (including phenoxy) is 1. The van der Waals surface area contributed by atoms with Crippen molar-refractivity contribution in [2.75, 3.05) is 32.8 Å². The third-order valence-corrected chi connectivity index (χ3v) is 5.50. The lowest BCUT2D eigenvalue weighted by Gasteiger charge is -2.32. The van der Waals surface area contributed by atoms with Gasteiger partial charge in [-0.1, -0.05) is 19.1 Å². The second kappa shape index (κ2) is 9.06. The number of rotatable bonds is 5. The average Bonchev–Trinajstić information content (AvgIpc) is 2.72. The van der Waals surface area contributed by atoms with Gasteiger partial charge >= 0.3 is 0 Å². The maximum absolute atomic E-state index is 12.8. The Hall–Kier alpha value is -2.04. The minimum atomic E-state index is 0.0867. The molecule has 0 bridgehead atoms. The van der Waals surface area contributed by atoms with E-state index in [1.54, 1.807) is 0 Å². The van der Waals surface area contributed by atoms with Crippen LogP contribution in [0.3, 0.4) is 0 Å². The minimum absolute atomic E-state index is 0.0867. The highest BCUT2D eigenvalue weighted by molar-refractivity contribution is 5.97. The van der Waals surface area contributed by atoms with Gasteiger partial charge in [0, 0.05) is 32.6 Å². The number of hydrogen-bond acceptors (Lipinski definition) is 3. The van der Waals surface area contributed by atoms with Crippen LogP contribution in [0.15, 0.2) is 24.3 Å². The highest BCUT2D eigenvalue weighted by Gasteiger charge is 2.24. The van der Waals surface area contributed by atoms with Crippen LogP contribution in [0.1, 0.15) is 55.8 Å². The van der Waals surface area contributed by atoms with Gasteiger partial charge in [-0.15, -0.1) is 0 Å². The van der Waals surface area contributed by atoms with Crippen molar-refractivity contribution in [3.63, 3.8) is 0 Å². The first-order valence-corrected chi connectivity index (χ1v) is 9.98. The SMILES string of the molecule is CCC(=O)N1CCC(COc2ccccc2C(=O)N2CCCCC2)CC1. The van der Waals surface area contributed by atoms with Gasteiger partial charge < -0.3 is 14.5 Å². The summed E-state index contributed by atoms with van der Waals surface area (Å²) in [6.07, 6.45) is 5.89. The van der Waals surface area contributed by atoms with Gasteiger partial charge in [0.15, 0.2) is 0 Å². The Morgan fingerprint density at radius 2 is 1.69 bits per heavy atom. The van der Waals surface area contributed by atoms with E-state index in [1.165, 1.54) is 6.42 Å². The maximum Gasteiger partial charge on any atom is 0.257 e. The summed E-state index contributed by atoms with van der Waals surface area (Å²) in [5, 5.41) is 0. The smallest absolute Gasteiger partial charge is 0.257 e. The molecule has 0 unspecified atom stereocenters. The number of carbonyl (C=O) groups excluding carboxylic acids is 2. The van der Waals surface area contributed by atoms with Crippen LogP contribution in [0.5, 0.6) is 5.75 Å². The van der Waals surface area contributed by atoms with Crippen LogP contribution in [0.2, 0.25) is 0 Å². The first-order valence-electron chi connectivity index (χ1n) is 9.98. The van der Waals surface area contributed by atoms with Crippen molar-refractivity contribution in [1.82, 2.24) is 9.80 Å². The van der Waals surface area contributed by atoms with Crippen LogP contribution in [0.4, 0.5) is 0 Å². The Morgan fingerprint density at radius 3 is 2.38 bits per heavy atom. The fraction of sp³-hybridized carbons (Fsp3) is 0.619. The van der Waals surface area contributed by atoms with Crippen LogP contribution >= 0.6 is 0 Å². The average molecular weight is 358 g/mol. The van der Waals surface area contributed by atoms with Crippen molar-refractivity contribution >= 4 is 11.8 Å². The summed E-state index contributed by atoms with van der Waals surface area (Å²) in [5.74, 6) is 1.45. The van der Waals surface area contributed by atoms with Crippen LogP contribution < -0.4 is 4.74 Å². The van der Waals surface area contributed by atoms with Crippen LogP contribution in [-0.2, 0) is 4.79 Å². The molecule has 2 heterocycles. The van der Waals surface area contributed by atoms with Gasteiger partial charge in [0.25, 0.3) is 5.91 Å². The standard InChI is InChI=1S/C21H30N2O3/c1-2-20(24)22-14-10-17(11-15-22)16-26-19-9-5-4-8-18(19)21(25)23-12-6-3-7-13-23/h4-5,8-9,17H,2-3,6-7,10-16H2,1H3. The molecule has 5 nitrogen and oxygen atoms in total. The predicted molar refractivity (Wildman–Crippen MR) is 101 cm³/mol. The zero-order valence-electron chi connectivity index (χ0n) is 15.8. The fourth-order valence-electron chi connectivity index (χ4n) is 3.82. The topological polar surface area (TPSA) is 49.9 Å². The lowest BCUT2D eigenvalue weighted by Crippen LogP contribution is -2.39. The number of carbonyl (C=O) groups is 2. The minimum Gasteiger partial charge on any atom is -0.492 e. The lowest BCUT2D eigenvalue weighted by molar-refractivity contribution is -0.132. The molecular weight excluding hydrogens is 328 g/mol. The first-order chi connectivity index (χ1) is 12.7. The number of para-hydroxylation sites is 1. The van der Waals surface area contributed by atoms with Crippen molar-refractivity contribution in [2.45, 2.75) is 45.4 Å². The molecule has 0 aromatic heterocycles. The van der Waals surface area contributed by atoms with Crippen molar-refractivity contribution in [3.05, 3.63) is 29.8 Å². The van der Waals surface area contributed by atoms with E-state index >= 15 is 0 Å². The molecule has 0 aliphatic carbocycles. The predicted octanol–water partition coefficient (Wildman–Crippen LogP) is 3.34. The van der Waals surface area contributed by atoms with Crippen LogP contribution in [0.25, 0.3) is 0 Å². The molecule has 0 spiro atoms. The van der Waals surface area contributed by atoms with E-state index in [4.69, 9.17) is 4.74 Å². The summed E-state index contributed by atoms with van der Waals surface area (Å²) in [6, 6.07) is 7.59. The first kappa shape index (κ1) is 18.7. The van der Waals surface area contributed by atoms with Crippen molar-refractivity contribution in [2.24, 2.45) is 5.92 Å². The van der Waals surface area contributed by atoms with E-state index in [1.807, 2.05) is 41.0 Å². The number of nitrogens with zero attached hydrogens (tertiary/aromatic N) is 2. The second-order valence-electron chi connectivity index (χ2n) is 7.34. The highest BCUT2D eigenvalue weighted by Crippen LogP contribution is 2.24. The van der Waals surface area contributed by atoms with E-state index in [-0.39, 0.29) is 11.8 Å². The molecule has 0 radical (unpaired) electrons. The zero-order valence-corrected chi connectivity index (χ0v) is 15.8. The van der Waals surface area contributed by atoms with E-state index in [0.717, 1.165) is 51.9 Å². The van der Waals surface area contributed by atoms with Crippen molar-refractivity contribution < 1.29 is 14.3 Å². The maximum atomic E-state index is 12.8. The number of hydrogen-bond donors (Lipinski definition) is 0. The van der Waals surface area contributed by atoms with Crippen molar-refractivity contribution in [3.8, 4) is 5.75 Å². The Balaban J connectivity index is 1.56. The van der Waals surface area contributed by atoms with Crippen molar-refractivity contribution in [1.29, 1.82) is 0 Å². The summed E-state index contributed by atoms with van der Waals surface area (Å²) in [6.45, 7) is 5.84. The molecule has 2 saturated heterocycles. The Morgan fingerprint density at radius 1 is 1.00 bits per heavy atom. The molecule has 5 heteroatoms. The lowest BCUT2D eigenvalue weighted by atomic mass is 9.97. The summed E-state index contributed by atoms with van der Waals surface area (Å²) in [7, 11) is 0. The van der Waals surface area contributed by atoms with E-state index < -0.39 is 0 Å². The van der Waals surface area contributed by atoms with Gasteiger partial charge in [0.05, 0.1) is 12.2 Å². The molecule has 2 aliphatic rings. The molecular formula is C21H30N2O3. The largest absolute Gasteiger partial charge is 0.492 e. The van der Waals surface area contributed by atoms with Crippen LogP contribution in [0, 0.1) is 5.92 Å². The van der Waals surface area contributed by atoms with E-state index in [9.17, 15) is 9.59 Å². The Labute approximate surface area is 156 Å². The Kier molecular flexibility index (Phi) is 6.53. The van der Waals surface area contributed by atoms with Crippen LogP contribution in [-0.4, -0.2) is 54.4 Å². The van der Waals surface area contributed by atoms with Gasteiger partial charge in [-0.05, 0) is 50.2 Å². The number of benzene rings is 1. The summed E-state index contributed by atoms with van der Waals surface area (Å²) >= 11 is 0. The van der Waals surface area contributed by atoms with Gasteiger partial charge in [0.2, 0.25) is 5.91 Å². The molecule has 0 saturated carbocycles. The van der Waals surface area contributed by atoms with Gasteiger partial charge in [0.1, 0.15) is 5.75 Å². The zero-order chi connectivity index (χ0) is 18.4. The summed E-state index contributed by atoms with van der Waals surface area (Å²) < 4.78 is 6.06. The number of amides is 2. The molecule has 2 aliphatic heterocycles. The molecule has 0 atom stereocenters. The van der Waals surface area contributed by atoms with Gasteiger partial charge in [-0.25, -0.2) is 0 Å². The molecule has 2 amide bonds. The Bertz CT molecular complexity index is 617. The summed E-state index contributed by atoms with van der Waals surface area (Å²) in [5.41, 5.74) is 0.674. The summed E-state index contributed by atoms with van der Waals surface area (Å²) in [4.78, 5) is 28.5. The molecule has 3 rings (SSSR count). The number of piperidine rings is 2. The molecule has 2 fully saturated rings. The third kappa shape index (κ3) is 4.57. The number of likely N-dealkylation sites (tertiary alicyclic amines) is 2. The van der Waals surface area contributed by atoms with Gasteiger partial charge in [-0.3, -0.25) is 9.59 Å². The monoisotopic (exact) mass is 358 g/mol. The highest BCUT2D eigenvalue weighted by atomic mass is 16.5. The molecule has 142 valence electrons. The quantitative estimate of drug-likeness (QED) is 0.811. The third-order valence-electron chi connectivity index (χ3n) is 5.50. The molecule has 1 aromatic rings. The van der Waals surface area contributed by atoms with E-state index in [0.29, 0.717) is 30.3 Å². The van der Waals surface area contributed by atoms with Gasteiger partial charge in [-0.2, -0.15) is 0 Å². The molecule has 0 N–H and O–H groups in total. The molecule has 26 heavy (non-hydrogen) atoms. The normalized spacial score (nSPS) is 18.7. The molecule has 1 aromatic carbocycles.